The van der Waals surface area contributed by atoms with Crippen LogP contribution in [-0.4, -0.2) is 34.1 Å². The maximum atomic E-state index is 11.8. The topological polar surface area (TPSA) is 38.1 Å². The van der Waals surface area contributed by atoms with Gasteiger partial charge in [-0.15, -0.1) is 0 Å². The molecule has 0 radical (unpaired) electrons. The number of halogens is 1. The van der Waals surface area contributed by atoms with Crippen molar-refractivity contribution in [3.63, 3.8) is 0 Å². The molecule has 1 fully saturated rings. The van der Waals surface area contributed by atoms with Gasteiger partial charge < -0.3 is 4.90 Å². The minimum atomic E-state index is 0.0125. The van der Waals surface area contributed by atoms with Gasteiger partial charge >= 0.3 is 0 Å². The van der Waals surface area contributed by atoms with Gasteiger partial charge in [0.25, 0.3) is 5.56 Å². The molecule has 0 aromatic carbocycles. The zero-order valence-corrected chi connectivity index (χ0v) is 11.7. The number of aromatic nitrogens is 2. The molecule has 0 saturated carbocycles. The Kier molecular flexibility index (Phi) is 4.34. The molecule has 17 heavy (non-hydrogen) atoms. The smallest absolute Gasteiger partial charge is 0.267 e. The minimum absolute atomic E-state index is 0.0125. The predicted octanol–water partition coefficient (Wildman–Crippen LogP) is 1.88. The Balaban J connectivity index is 1.97. The van der Waals surface area contributed by atoms with E-state index in [2.05, 4.69) is 32.9 Å². The highest BCUT2D eigenvalue weighted by molar-refractivity contribution is 9.10. The van der Waals surface area contributed by atoms with Crippen LogP contribution in [0.1, 0.15) is 25.7 Å². The quantitative estimate of drug-likeness (QED) is 0.855. The van der Waals surface area contributed by atoms with Crippen molar-refractivity contribution in [1.82, 2.24) is 14.5 Å². The molecule has 1 unspecified atom stereocenters. The third kappa shape index (κ3) is 3.16. The molecule has 1 aliphatic rings. The summed E-state index contributed by atoms with van der Waals surface area (Å²) >= 11 is 3.22. The molecular formula is C12H18BrN3O. The van der Waals surface area contributed by atoms with Gasteiger partial charge in [0.1, 0.15) is 4.47 Å². The van der Waals surface area contributed by atoms with Gasteiger partial charge in [0.05, 0.1) is 6.33 Å². The molecule has 2 heterocycles. The molecule has 5 heteroatoms. The standard InChI is InChI=1S/C12H18BrN3O/c1-15-6-3-2-4-10(15)5-7-16-9-14-8-11(13)12(16)17/h8-10H,2-7H2,1H3. The molecule has 2 rings (SSSR count). The van der Waals surface area contributed by atoms with Crippen molar-refractivity contribution in [2.24, 2.45) is 0 Å². The molecule has 1 saturated heterocycles. The summed E-state index contributed by atoms with van der Waals surface area (Å²) in [5, 5.41) is 0. The van der Waals surface area contributed by atoms with Crippen LogP contribution in [0.15, 0.2) is 21.8 Å². The summed E-state index contributed by atoms with van der Waals surface area (Å²) in [6.07, 6.45) is 8.04. The van der Waals surface area contributed by atoms with Gasteiger partial charge in [-0.25, -0.2) is 4.98 Å². The van der Waals surface area contributed by atoms with Gasteiger partial charge in [-0.3, -0.25) is 9.36 Å². The zero-order chi connectivity index (χ0) is 12.3. The van der Waals surface area contributed by atoms with E-state index in [4.69, 9.17) is 0 Å². The van der Waals surface area contributed by atoms with E-state index in [1.807, 2.05) is 0 Å². The first-order valence-electron chi connectivity index (χ1n) is 6.08. The fourth-order valence-corrected chi connectivity index (χ4v) is 2.73. The minimum Gasteiger partial charge on any atom is -0.303 e. The van der Waals surface area contributed by atoms with E-state index in [-0.39, 0.29) is 5.56 Å². The van der Waals surface area contributed by atoms with Gasteiger partial charge in [-0.1, -0.05) is 6.42 Å². The summed E-state index contributed by atoms with van der Waals surface area (Å²) in [4.78, 5) is 18.2. The molecule has 4 nitrogen and oxygen atoms in total. The first-order valence-corrected chi connectivity index (χ1v) is 6.88. The van der Waals surface area contributed by atoms with Crippen LogP contribution in [0.5, 0.6) is 0 Å². The normalized spacial score (nSPS) is 21.6. The molecule has 1 aliphatic heterocycles. The highest BCUT2D eigenvalue weighted by Gasteiger charge is 2.18. The second-order valence-electron chi connectivity index (χ2n) is 4.66. The molecular weight excluding hydrogens is 282 g/mol. The van der Waals surface area contributed by atoms with Crippen LogP contribution in [-0.2, 0) is 6.54 Å². The van der Waals surface area contributed by atoms with Crippen molar-refractivity contribution >= 4 is 15.9 Å². The molecule has 94 valence electrons. The fraction of sp³-hybridized carbons (Fsp3) is 0.667. The van der Waals surface area contributed by atoms with Crippen molar-refractivity contribution in [1.29, 1.82) is 0 Å². The van der Waals surface area contributed by atoms with Crippen molar-refractivity contribution in [3.8, 4) is 0 Å². The highest BCUT2D eigenvalue weighted by Crippen LogP contribution is 2.18. The molecule has 1 aromatic rings. The van der Waals surface area contributed by atoms with Crippen LogP contribution in [0.25, 0.3) is 0 Å². The molecule has 0 amide bonds. The van der Waals surface area contributed by atoms with E-state index in [1.165, 1.54) is 25.8 Å². The Labute approximate surface area is 110 Å². The van der Waals surface area contributed by atoms with Crippen molar-refractivity contribution in [3.05, 3.63) is 27.4 Å². The largest absolute Gasteiger partial charge is 0.303 e. The Morgan fingerprint density at radius 3 is 3.12 bits per heavy atom. The van der Waals surface area contributed by atoms with Crippen LogP contribution in [0, 0.1) is 0 Å². The van der Waals surface area contributed by atoms with Gasteiger partial charge in [0.15, 0.2) is 0 Å². The number of nitrogens with zero attached hydrogens (tertiary/aromatic N) is 3. The first-order chi connectivity index (χ1) is 8.18. The number of hydrogen-bond acceptors (Lipinski definition) is 3. The molecule has 0 spiro atoms. The van der Waals surface area contributed by atoms with Crippen LogP contribution in [0.2, 0.25) is 0 Å². The van der Waals surface area contributed by atoms with Gasteiger partial charge in [-0.05, 0) is 48.8 Å². The summed E-state index contributed by atoms with van der Waals surface area (Å²) in [7, 11) is 2.17. The number of likely N-dealkylation sites (tertiary alicyclic amines) is 1. The zero-order valence-electron chi connectivity index (χ0n) is 10.1. The van der Waals surface area contributed by atoms with Gasteiger partial charge in [-0.2, -0.15) is 0 Å². The lowest BCUT2D eigenvalue weighted by molar-refractivity contribution is 0.170. The van der Waals surface area contributed by atoms with Gasteiger partial charge in [0, 0.05) is 18.8 Å². The Morgan fingerprint density at radius 2 is 2.35 bits per heavy atom. The lowest BCUT2D eigenvalue weighted by Crippen LogP contribution is -2.37. The number of piperidine rings is 1. The summed E-state index contributed by atoms with van der Waals surface area (Å²) in [5.74, 6) is 0. The summed E-state index contributed by atoms with van der Waals surface area (Å²) < 4.78 is 2.23. The Bertz CT molecular complexity index is 432. The molecule has 0 bridgehead atoms. The summed E-state index contributed by atoms with van der Waals surface area (Å²) in [6.45, 7) is 1.93. The first kappa shape index (κ1) is 12.8. The SMILES string of the molecule is CN1CCCCC1CCn1cncc(Br)c1=O. The second-order valence-corrected chi connectivity index (χ2v) is 5.51. The summed E-state index contributed by atoms with van der Waals surface area (Å²) in [5.41, 5.74) is 0.0125. The van der Waals surface area contributed by atoms with E-state index < -0.39 is 0 Å². The molecule has 1 aromatic heterocycles. The second kappa shape index (κ2) is 5.78. The highest BCUT2D eigenvalue weighted by atomic mass is 79.9. The third-order valence-electron chi connectivity index (χ3n) is 3.48. The Morgan fingerprint density at radius 1 is 1.53 bits per heavy atom. The van der Waals surface area contributed by atoms with Crippen molar-refractivity contribution in [2.75, 3.05) is 13.6 Å². The van der Waals surface area contributed by atoms with Crippen LogP contribution >= 0.6 is 15.9 Å². The average Bonchev–Trinajstić information content (AvgIpc) is 2.33. The fourth-order valence-electron chi connectivity index (χ4n) is 2.38. The maximum Gasteiger partial charge on any atom is 0.267 e. The molecule has 0 aliphatic carbocycles. The number of aryl methyl sites for hydroxylation is 1. The van der Waals surface area contributed by atoms with E-state index in [1.54, 1.807) is 17.1 Å². The van der Waals surface area contributed by atoms with Crippen LogP contribution < -0.4 is 5.56 Å². The number of hydrogen-bond donors (Lipinski definition) is 0. The van der Waals surface area contributed by atoms with Crippen LogP contribution in [0.3, 0.4) is 0 Å². The predicted molar refractivity (Wildman–Crippen MR) is 71.1 cm³/mol. The monoisotopic (exact) mass is 299 g/mol. The van der Waals surface area contributed by atoms with Crippen molar-refractivity contribution < 1.29 is 0 Å². The van der Waals surface area contributed by atoms with Crippen molar-refractivity contribution in [2.45, 2.75) is 38.3 Å². The van der Waals surface area contributed by atoms with E-state index in [9.17, 15) is 4.79 Å². The van der Waals surface area contributed by atoms with E-state index in [0.717, 1.165) is 13.0 Å². The third-order valence-corrected chi connectivity index (χ3v) is 4.03. The maximum absolute atomic E-state index is 11.8. The summed E-state index contributed by atoms with van der Waals surface area (Å²) in [6, 6.07) is 0.606. The lowest BCUT2D eigenvalue weighted by Gasteiger charge is -2.32. The van der Waals surface area contributed by atoms with Crippen LogP contribution in [0.4, 0.5) is 0 Å². The number of rotatable bonds is 3. The van der Waals surface area contributed by atoms with E-state index in [0.29, 0.717) is 10.5 Å². The van der Waals surface area contributed by atoms with Gasteiger partial charge in [0.2, 0.25) is 0 Å². The molecule has 1 atom stereocenters. The Hall–Kier alpha value is -0.680. The molecule has 0 N–H and O–H groups in total. The lowest BCUT2D eigenvalue weighted by atomic mass is 10.0. The van der Waals surface area contributed by atoms with E-state index >= 15 is 0 Å². The average molecular weight is 300 g/mol.